The lowest BCUT2D eigenvalue weighted by molar-refractivity contribution is -0.169. The van der Waals surface area contributed by atoms with E-state index in [1.807, 2.05) is 41.1 Å². The van der Waals surface area contributed by atoms with Gasteiger partial charge in [0, 0.05) is 37.1 Å². The number of carbonyl (C=O) groups is 1. The molecule has 5 aromatic rings. The quantitative estimate of drug-likeness (QED) is 0.0413. The molecule has 1 saturated carbocycles. The summed E-state index contributed by atoms with van der Waals surface area (Å²) in [7, 11) is -0.0296. The van der Waals surface area contributed by atoms with Gasteiger partial charge in [-0.25, -0.2) is 4.79 Å². The minimum Gasteiger partial charge on any atom is -0.506 e. The molecule has 0 aliphatic heterocycles. The van der Waals surface area contributed by atoms with Crippen LogP contribution in [-0.2, 0) is 26.1 Å². The predicted octanol–water partition coefficient (Wildman–Crippen LogP) is 8.70. The van der Waals surface area contributed by atoms with Crippen LogP contribution in [0.25, 0.3) is 10.9 Å². The van der Waals surface area contributed by atoms with Crippen molar-refractivity contribution in [3.63, 3.8) is 0 Å². The van der Waals surface area contributed by atoms with Crippen LogP contribution in [0.3, 0.4) is 0 Å². The number of phenols is 1. The summed E-state index contributed by atoms with van der Waals surface area (Å²) >= 11 is 2.71. The molecule has 1 aliphatic carbocycles. The summed E-state index contributed by atoms with van der Waals surface area (Å²) < 4.78 is 19.0. The van der Waals surface area contributed by atoms with Gasteiger partial charge in [0.1, 0.15) is 17.6 Å². The average molecular weight is 832 g/mol. The number of carbonyl (C=O) groups excluding carboxylic acids is 1. The van der Waals surface area contributed by atoms with Gasteiger partial charge in [-0.3, -0.25) is 4.79 Å². The standard InChI is InChI=1S/C44H57N3O7S2Si/c1-43(2,3)57(5,6)54-37(34-20-22-36(48)41-35(34)21-23-40(49)46-41)29-45-28-30-12-16-32(17-13-30)52-25-9-24-47(4)31-14-18-33(19-15-31)53-42(50)44(51,38-10-7-26-55-38)39-11-8-27-56-39/h7-8,10-13,16-17,20-23,26-27,31,33,37,45,48,51H,9,14-15,18-19,24-25,28-29H2,1-6H3,(H,46,49)/t31?,33?,37-/m0/s1. The summed E-state index contributed by atoms with van der Waals surface area (Å²) in [5, 5.41) is 30.2. The summed E-state index contributed by atoms with van der Waals surface area (Å²) in [5.41, 5.74) is 0.434. The summed E-state index contributed by atoms with van der Waals surface area (Å²) in [6.07, 6.45) is 3.78. The molecule has 306 valence electrons. The third-order valence-electron chi connectivity index (χ3n) is 11.6. The van der Waals surface area contributed by atoms with Crippen LogP contribution in [0.5, 0.6) is 11.5 Å². The van der Waals surface area contributed by atoms with E-state index in [2.05, 4.69) is 68.2 Å². The molecule has 3 aromatic heterocycles. The maximum absolute atomic E-state index is 13.4. The highest BCUT2D eigenvalue weighted by atomic mass is 32.1. The highest BCUT2D eigenvalue weighted by Crippen LogP contribution is 2.41. The third kappa shape index (κ3) is 10.3. The number of esters is 1. The number of phenolic OH excluding ortho intramolecular Hbond substituents is 1. The Morgan fingerprint density at radius 3 is 2.25 bits per heavy atom. The zero-order valence-corrected chi connectivity index (χ0v) is 36.5. The van der Waals surface area contributed by atoms with Crippen molar-refractivity contribution in [3.8, 4) is 11.5 Å². The van der Waals surface area contributed by atoms with Crippen LogP contribution < -0.4 is 15.6 Å². The number of rotatable bonds is 17. The molecular weight excluding hydrogens is 775 g/mol. The highest BCUT2D eigenvalue weighted by Gasteiger charge is 2.45. The molecule has 2 aromatic carbocycles. The molecule has 1 aliphatic rings. The molecule has 6 rings (SSSR count). The SMILES string of the molecule is CN(CCCOc1ccc(CNC[C@H](O[Si](C)(C)C(C)(C)C)c2ccc(O)c3[nH]c(=O)ccc23)cc1)C1CCC(OC(=O)C(O)(c2cccs2)c2cccs2)CC1. The normalized spacial score (nSPS) is 17.2. The number of hydrogen-bond donors (Lipinski definition) is 4. The Balaban J connectivity index is 0.943. The molecule has 4 N–H and O–H groups in total. The number of aromatic nitrogens is 1. The second-order valence-corrected chi connectivity index (χ2v) is 23.3. The fraction of sp³-hybridized carbons (Fsp3) is 0.455. The van der Waals surface area contributed by atoms with Gasteiger partial charge >= 0.3 is 5.97 Å². The maximum Gasteiger partial charge on any atom is 0.349 e. The number of thiophene rings is 2. The molecular formula is C44H57N3O7S2Si. The lowest BCUT2D eigenvalue weighted by Crippen LogP contribution is -2.43. The topological polar surface area (TPSA) is 133 Å². The molecule has 0 saturated heterocycles. The van der Waals surface area contributed by atoms with Crippen molar-refractivity contribution in [2.24, 2.45) is 0 Å². The number of aliphatic hydroxyl groups is 1. The van der Waals surface area contributed by atoms with Crippen molar-refractivity contribution in [1.82, 2.24) is 15.2 Å². The lowest BCUT2D eigenvalue weighted by Gasteiger charge is -2.39. The molecule has 1 fully saturated rings. The molecule has 3 heterocycles. The number of pyridine rings is 1. The largest absolute Gasteiger partial charge is 0.506 e. The van der Waals surface area contributed by atoms with Gasteiger partial charge in [0.05, 0.1) is 28.0 Å². The minimum atomic E-state index is -2.18. The number of hydrogen-bond acceptors (Lipinski definition) is 11. The van der Waals surface area contributed by atoms with E-state index in [1.165, 1.54) is 28.7 Å². The Morgan fingerprint density at radius 1 is 0.965 bits per heavy atom. The Hall–Kier alpha value is -3.82. The Morgan fingerprint density at radius 2 is 1.63 bits per heavy atom. The van der Waals surface area contributed by atoms with Crippen molar-refractivity contribution in [2.75, 3.05) is 26.7 Å². The number of benzene rings is 2. The second-order valence-electron chi connectivity index (χ2n) is 16.6. The van der Waals surface area contributed by atoms with E-state index in [1.54, 1.807) is 24.3 Å². The summed E-state index contributed by atoms with van der Waals surface area (Å²) in [4.78, 5) is 31.8. The van der Waals surface area contributed by atoms with Gasteiger partial charge in [-0.05, 0) is 116 Å². The van der Waals surface area contributed by atoms with Gasteiger partial charge in [0.2, 0.25) is 11.2 Å². The summed E-state index contributed by atoms with van der Waals surface area (Å²) in [6, 6.07) is 22.6. The molecule has 0 unspecified atom stereocenters. The van der Waals surface area contributed by atoms with Crippen LogP contribution in [0.15, 0.2) is 88.4 Å². The van der Waals surface area contributed by atoms with Crippen LogP contribution in [-0.4, -0.2) is 73.3 Å². The second kappa shape index (κ2) is 18.4. The average Bonchev–Trinajstić information content (AvgIpc) is 3.93. The van der Waals surface area contributed by atoms with E-state index in [4.69, 9.17) is 13.9 Å². The molecule has 57 heavy (non-hydrogen) atoms. The Bertz CT molecular complexity index is 2070. The van der Waals surface area contributed by atoms with Crippen molar-refractivity contribution >= 4 is 47.9 Å². The van der Waals surface area contributed by atoms with Gasteiger partial charge in [0.15, 0.2) is 8.32 Å². The van der Waals surface area contributed by atoms with E-state index < -0.39 is 19.9 Å². The van der Waals surface area contributed by atoms with Gasteiger partial charge < -0.3 is 39.3 Å². The van der Waals surface area contributed by atoms with E-state index in [0.717, 1.165) is 60.9 Å². The monoisotopic (exact) mass is 831 g/mol. The summed E-state index contributed by atoms with van der Waals surface area (Å²) in [6.45, 7) is 13.8. The van der Waals surface area contributed by atoms with Gasteiger partial charge in [-0.15, -0.1) is 22.7 Å². The van der Waals surface area contributed by atoms with Crippen LogP contribution in [0.4, 0.5) is 0 Å². The Labute approximate surface area is 345 Å². The number of aromatic hydroxyl groups is 1. The zero-order chi connectivity index (χ0) is 40.8. The van der Waals surface area contributed by atoms with Crippen LogP contribution >= 0.6 is 22.7 Å². The number of H-pyrrole nitrogens is 1. The molecule has 0 amide bonds. The number of aromatic amines is 1. The smallest absolute Gasteiger partial charge is 0.349 e. The van der Waals surface area contributed by atoms with Crippen molar-refractivity contribution in [3.05, 3.63) is 115 Å². The van der Waals surface area contributed by atoms with E-state index >= 15 is 0 Å². The number of ether oxygens (including phenoxy) is 2. The van der Waals surface area contributed by atoms with Crippen LogP contribution in [0, 0.1) is 0 Å². The number of nitrogens with zero attached hydrogens (tertiary/aromatic N) is 1. The summed E-state index contributed by atoms with van der Waals surface area (Å²) in [5.74, 6) is 0.276. The fourth-order valence-corrected chi connectivity index (χ4v) is 10.1. The van der Waals surface area contributed by atoms with Crippen molar-refractivity contribution in [2.45, 2.75) is 101 Å². The van der Waals surface area contributed by atoms with Crippen molar-refractivity contribution in [1.29, 1.82) is 0 Å². The van der Waals surface area contributed by atoms with Gasteiger partial charge in [0.25, 0.3) is 0 Å². The molecule has 0 bridgehead atoms. The number of fused-ring (bicyclic) bond motifs is 1. The first kappa shape index (κ1) is 42.8. The van der Waals surface area contributed by atoms with Gasteiger partial charge in [-0.2, -0.15) is 0 Å². The predicted molar refractivity (Wildman–Crippen MR) is 232 cm³/mol. The first-order chi connectivity index (χ1) is 27.2. The van der Waals surface area contributed by atoms with E-state index in [-0.39, 0.29) is 28.6 Å². The third-order valence-corrected chi connectivity index (χ3v) is 18.0. The number of nitrogens with one attached hydrogen (secondary N) is 2. The highest BCUT2D eigenvalue weighted by molar-refractivity contribution is 7.12. The molecule has 0 spiro atoms. The van der Waals surface area contributed by atoms with Crippen LogP contribution in [0.1, 0.15) is 79.9 Å². The van der Waals surface area contributed by atoms with E-state index in [0.29, 0.717) is 41.0 Å². The molecule has 0 radical (unpaired) electrons. The van der Waals surface area contributed by atoms with E-state index in [9.17, 15) is 19.8 Å². The lowest BCUT2D eigenvalue weighted by atomic mass is 9.91. The fourth-order valence-electron chi connectivity index (χ4n) is 7.16. The maximum atomic E-state index is 13.4. The van der Waals surface area contributed by atoms with Crippen molar-refractivity contribution < 1.29 is 28.9 Å². The molecule has 1 atom stereocenters. The Kier molecular flexibility index (Phi) is 13.8. The van der Waals surface area contributed by atoms with Crippen LogP contribution in [0.2, 0.25) is 18.1 Å². The van der Waals surface area contributed by atoms with Gasteiger partial charge in [-0.1, -0.05) is 51.1 Å². The molecule has 10 nitrogen and oxygen atoms in total. The first-order valence-corrected chi connectivity index (χ1v) is 24.5. The first-order valence-electron chi connectivity index (χ1n) is 19.8. The molecule has 13 heteroatoms. The zero-order valence-electron chi connectivity index (χ0n) is 33.9. The minimum absolute atomic E-state index is 0.000310.